The van der Waals surface area contributed by atoms with Crippen molar-refractivity contribution < 1.29 is 9.53 Å². The highest BCUT2D eigenvalue weighted by molar-refractivity contribution is 5.93. The summed E-state index contributed by atoms with van der Waals surface area (Å²) in [4.78, 5) is 17.5. The molecule has 0 N–H and O–H groups in total. The zero-order valence-corrected chi connectivity index (χ0v) is 13.4. The van der Waals surface area contributed by atoms with Crippen molar-refractivity contribution in [1.29, 1.82) is 0 Å². The molecule has 2 aromatic rings. The molecule has 4 nitrogen and oxygen atoms in total. The lowest BCUT2D eigenvalue weighted by Gasteiger charge is -2.10. The molecule has 0 bridgehead atoms. The Balaban J connectivity index is 2.00. The highest BCUT2D eigenvalue weighted by atomic mass is 16.5. The number of aromatic nitrogens is 1. The molecule has 0 atom stereocenters. The third-order valence-electron chi connectivity index (χ3n) is 3.35. The van der Waals surface area contributed by atoms with Crippen LogP contribution >= 0.6 is 0 Å². The van der Waals surface area contributed by atoms with Crippen molar-refractivity contribution in [3.05, 3.63) is 53.7 Å². The fourth-order valence-corrected chi connectivity index (χ4v) is 2.05. The van der Waals surface area contributed by atoms with E-state index < -0.39 is 0 Å². The van der Waals surface area contributed by atoms with E-state index >= 15 is 0 Å². The smallest absolute Gasteiger partial charge is 0.254 e. The van der Waals surface area contributed by atoms with E-state index in [4.69, 9.17) is 4.74 Å². The monoisotopic (exact) mass is 298 g/mol. The molecular weight excluding hydrogens is 276 g/mol. The number of hydrogen-bond donors (Lipinski definition) is 0. The number of benzene rings is 1. The van der Waals surface area contributed by atoms with Crippen LogP contribution < -0.4 is 4.74 Å². The van der Waals surface area contributed by atoms with Crippen LogP contribution in [-0.4, -0.2) is 29.9 Å². The number of aryl methyl sites for hydroxylation is 1. The van der Waals surface area contributed by atoms with Crippen LogP contribution in [0.4, 0.5) is 0 Å². The highest BCUT2D eigenvalue weighted by Gasteiger charge is 2.08. The standard InChI is InChI=1S/C18H22N2O2/c1-4-5-6-14-7-10-16(11-8-14)22-17-12-9-15(13-19-17)18(21)20(2)3/h7-13H,4-6H2,1-3H3. The summed E-state index contributed by atoms with van der Waals surface area (Å²) >= 11 is 0. The SMILES string of the molecule is CCCCc1ccc(Oc2ccc(C(=O)N(C)C)cn2)cc1. The molecule has 0 aliphatic heterocycles. The predicted molar refractivity (Wildman–Crippen MR) is 87.4 cm³/mol. The molecule has 0 spiro atoms. The van der Waals surface area contributed by atoms with Gasteiger partial charge >= 0.3 is 0 Å². The van der Waals surface area contributed by atoms with Gasteiger partial charge in [0.2, 0.25) is 5.88 Å². The van der Waals surface area contributed by atoms with E-state index in [9.17, 15) is 4.79 Å². The Morgan fingerprint density at radius 3 is 2.41 bits per heavy atom. The van der Waals surface area contributed by atoms with Crippen molar-refractivity contribution in [3.63, 3.8) is 0 Å². The average Bonchev–Trinajstić information content (AvgIpc) is 2.54. The maximum atomic E-state index is 11.8. The van der Waals surface area contributed by atoms with Crippen LogP contribution in [0.25, 0.3) is 0 Å². The summed E-state index contributed by atoms with van der Waals surface area (Å²) in [6.45, 7) is 2.19. The van der Waals surface area contributed by atoms with Gasteiger partial charge in [0, 0.05) is 26.4 Å². The van der Waals surface area contributed by atoms with Gasteiger partial charge in [-0.05, 0) is 36.6 Å². The topological polar surface area (TPSA) is 42.4 Å². The second kappa shape index (κ2) is 7.59. The highest BCUT2D eigenvalue weighted by Crippen LogP contribution is 2.20. The number of nitrogens with zero attached hydrogens (tertiary/aromatic N) is 2. The fraction of sp³-hybridized carbons (Fsp3) is 0.333. The van der Waals surface area contributed by atoms with E-state index in [2.05, 4.69) is 24.0 Å². The van der Waals surface area contributed by atoms with Gasteiger partial charge in [-0.3, -0.25) is 4.79 Å². The van der Waals surface area contributed by atoms with Crippen LogP contribution in [0.15, 0.2) is 42.6 Å². The quantitative estimate of drug-likeness (QED) is 0.811. The van der Waals surface area contributed by atoms with Gasteiger partial charge < -0.3 is 9.64 Å². The Labute approximate surface area is 131 Å². The zero-order chi connectivity index (χ0) is 15.9. The minimum absolute atomic E-state index is 0.0701. The molecule has 2 rings (SSSR count). The first-order chi connectivity index (χ1) is 10.6. The first kappa shape index (κ1) is 16.0. The molecule has 0 saturated carbocycles. The van der Waals surface area contributed by atoms with Crippen molar-refractivity contribution in [2.45, 2.75) is 26.2 Å². The van der Waals surface area contributed by atoms with Crippen molar-refractivity contribution >= 4 is 5.91 Å². The largest absolute Gasteiger partial charge is 0.439 e. The summed E-state index contributed by atoms with van der Waals surface area (Å²) < 4.78 is 5.70. The van der Waals surface area contributed by atoms with E-state index in [1.165, 1.54) is 29.5 Å². The van der Waals surface area contributed by atoms with Crippen LogP contribution in [0.3, 0.4) is 0 Å². The van der Waals surface area contributed by atoms with Gasteiger partial charge in [0.25, 0.3) is 5.91 Å². The first-order valence-electron chi connectivity index (χ1n) is 7.54. The van der Waals surface area contributed by atoms with Crippen LogP contribution in [0, 0.1) is 0 Å². The van der Waals surface area contributed by atoms with Crippen molar-refractivity contribution in [2.24, 2.45) is 0 Å². The van der Waals surface area contributed by atoms with Crippen LogP contribution in [0.2, 0.25) is 0 Å². The lowest BCUT2D eigenvalue weighted by atomic mass is 10.1. The third-order valence-corrected chi connectivity index (χ3v) is 3.35. The Hall–Kier alpha value is -2.36. The van der Waals surface area contributed by atoms with Crippen LogP contribution in [0.5, 0.6) is 11.6 Å². The molecule has 1 amide bonds. The minimum atomic E-state index is -0.0701. The van der Waals surface area contributed by atoms with E-state index in [-0.39, 0.29) is 5.91 Å². The van der Waals surface area contributed by atoms with E-state index in [1.807, 2.05) is 12.1 Å². The average molecular weight is 298 g/mol. The molecule has 0 radical (unpaired) electrons. The molecule has 0 unspecified atom stereocenters. The molecule has 0 saturated heterocycles. The van der Waals surface area contributed by atoms with Gasteiger partial charge in [-0.15, -0.1) is 0 Å². The third kappa shape index (κ3) is 4.32. The van der Waals surface area contributed by atoms with Gasteiger partial charge in [-0.2, -0.15) is 0 Å². The normalized spacial score (nSPS) is 10.3. The van der Waals surface area contributed by atoms with Crippen molar-refractivity contribution in [2.75, 3.05) is 14.1 Å². The first-order valence-corrected chi connectivity index (χ1v) is 7.54. The molecule has 116 valence electrons. The van der Waals surface area contributed by atoms with Crippen molar-refractivity contribution in [1.82, 2.24) is 9.88 Å². The fourth-order valence-electron chi connectivity index (χ4n) is 2.05. The van der Waals surface area contributed by atoms with E-state index in [1.54, 1.807) is 26.2 Å². The maximum Gasteiger partial charge on any atom is 0.254 e. The molecule has 0 fully saturated rings. The number of unbranched alkanes of at least 4 members (excludes halogenated alkanes) is 1. The Kier molecular flexibility index (Phi) is 5.53. The molecule has 0 aliphatic carbocycles. The summed E-state index contributed by atoms with van der Waals surface area (Å²) in [7, 11) is 3.43. The Morgan fingerprint density at radius 2 is 1.86 bits per heavy atom. The van der Waals surface area contributed by atoms with Gasteiger partial charge in [0.05, 0.1) is 5.56 Å². The van der Waals surface area contributed by atoms with Crippen LogP contribution in [-0.2, 0) is 6.42 Å². The maximum absolute atomic E-state index is 11.8. The second-order valence-corrected chi connectivity index (χ2v) is 5.43. The second-order valence-electron chi connectivity index (χ2n) is 5.43. The van der Waals surface area contributed by atoms with Gasteiger partial charge in [0.15, 0.2) is 0 Å². The van der Waals surface area contributed by atoms with Crippen LogP contribution in [0.1, 0.15) is 35.7 Å². The minimum Gasteiger partial charge on any atom is -0.439 e. The molecule has 22 heavy (non-hydrogen) atoms. The molecule has 0 aliphatic rings. The summed E-state index contributed by atoms with van der Waals surface area (Å²) in [6.07, 6.45) is 5.02. The number of pyridine rings is 1. The number of rotatable bonds is 6. The van der Waals surface area contributed by atoms with Gasteiger partial charge in [-0.25, -0.2) is 4.98 Å². The van der Waals surface area contributed by atoms with Crippen molar-refractivity contribution in [3.8, 4) is 11.6 Å². The molecular formula is C18H22N2O2. The predicted octanol–water partition coefficient (Wildman–Crippen LogP) is 3.92. The summed E-state index contributed by atoms with van der Waals surface area (Å²) in [5.41, 5.74) is 1.86. The Morgan fingerprint density at radius 1 is 1.14 bits per heavy atom. The number of carbonyl (C=O) groups excluding carboxylic acids is 1. The number of amides is 1. The molecule has 1 aromatic heterocycles. The summed E-state index contributed by atoms with van der Waals surface area (Å²) in [5, 5.41) is 0. The van der Waals surface area contributed by atoms with Gasteiger partial charge in [-0.1, -0.05) is 25.5 Å². The molecule has 1 aromatic carbocycles. The Bertz CT molecular complexity index is 604. The number of carbonyl (C=O) groups is 1. The molecule has 4 heteroatoms. The lowest BCUT2D eigenvalue weighted by Crippen LogP contribution is -2.21. The summed E-state index contributed by atoms with van der Waals surface area (Å²) in [6, 6.07) is 11.5. The van der Waals surface area contributed by atoms with E-state index in [0.29, 0.717) is 11.4 Å². The zero-order valence-electron chi connectivity index (χ0n) is 13.4. The lowest BCUT2D eigenvalue weighted by molar-refractivity contribution is 0.0827. The summed E-state index contributed by atoms with van der Waals surface area (Å²) in [5.74, 6) is 1.16. The number of ether oxygens (including phenoxy) is 1. The molecule has 1 heterocycles. The van der Waals surface area contributed by atoms with E-state index in [0.717, 1.165) is 12.2 Å². The van der Waals surface area contributed by atoms with Gasteiger partial charge in [0.1, 0.15) is 5.75 Å². The number of hydrogen-bond acceptors (Lipinski definition) is 3.